The minimum absolute atomic E-state index is 0. The Balaban J connectivity index is -0.0000000245. The maximum atomic E-state index is 2.18. The van der Waals surface area contributed by atoms with E-state index in [0.29, 0.717) is 0 Å². The van der Waals surface area contributed by atoms with E-state index in [-0.39, 0.29) is 41.7 Å². The summed E-state index contributed by atoms with van der Waals surface area (Å²) in [6, 6.07) is 0. The van der Waals surface area contributed by atoms with Crippen LogP contribution in [0.2, 0.25) is 0 Å². The van der Waals surface area contributed by atoms with Gasteiger partial charge in [-0.3, -0.25) is 0 Å². The van der Waals surface area contributed by atoms with Crippen LogP contribution in [0.3, 0.4) is 0 Å². The second kappa shape index (κ2) is 22.8. The fourth-order valence-corrected chi connectivity index (χ4v) is 0.400. The van der Waals surface area contributed by atoms with Gasteiger partial charge in [-0.05, 0) is 28.2 Å². The van der Waals surface area contributed by atoms with Crippen molar-refractivity contribution in [3.05, 3.63) is 0 Å². The Labute approximate surface area is 93.2 Å². The molecule has 0 aliphatic carbocycles. The molecule has 0 spiro atoms. The van der Waals surface area contributed by atoms with E-state index >= 15 is 0 Å². The molecule has 0 radical (unpaired) electrons. The molecule has 0 aromatic rings. The van der Waals surface area contributed by atoms with Crippen molar-refractivity contribution < 1.29 is 41.7 Å². The Bertz CT molecular complexity index is 58.6. The van der Waals surface area contributed by atoms with Crippen LogP contribution in [-0.2, 0) is 41.7 Å². The Morgan fingerprint density at radius 3 is 0.846 bits per heavy atom. The number of rotatable bonds is 3. The summed E-state index contributed by atoms with van der Waals surface area (Å²) >= 11 is 0. The largest absolute Gasteiger partial charge is 8.00 e. The first-order valence-electron chi connectivity index (χ1n) is 2.92. The van der Waals surface area contributed by atoms with Crippen molar-refractivity contribution in [2.45, 2.75) is 0 Å². The van der Waals surface area contributed by atoms with Crippen molar-refractivity contribution in [1.82, 2.24) is 9.80 Å². The molecule has 0 rings (SSSR count). The summed E-state index contributed by atoms with van der Waals surface area (Å²) in [6.07, 6.45) is 0. The van der Waals surface area contributed by atoms with Crippen molar-refractivity contribution in [3.8, 4) is 0 Å². The molecule has 0 N–H and O–H groups in total. The topological polar surface area (TPSA) is 120 Å². The summed E-state index contributed by atoms with van der Waals surface area (Å²) < 4.78 is 0. The van der Waals surface area contributed by atoms with Gasteiger partial charge in [-0.15, -0.1) is 0 Å². The van der Waals surface area contributed by atoms with Gasteiger partial charge in [0.15, 0.2) is 0 Å². The van der Waals surface area contributed by atoms with Crippen LogP contribution < -0.4 is 0 Å². The molecule has 6 nitrogen and oxygen atoms in total. The fourth-order valence-electron chi connectivity index (χ4n) is 0.400. The standard InChI is InChI=1S/C6H16N2.4O.Os/c1-7(2)5-6-8(3)4;;;;;/h5-6H2,1-4H3;;;;;/q;4*-2;+8. The van der Waals surface area contributed by atoms with Gasteiger partial charge in [-0.25, -0.2) is 0 Å². The quantitative estimate of drug-likeness (QED) is 0.673. The van der Waals surface area contributed by atoms with Crippen LogP contribution in [0.5, 0.6) is 0 Å². The average molecular weight is 370 g/mol. The van der Waals surface area contributed by atoms with E-state index in [2.05, 4.69) is 38.0 Å². The van der Waals surface area contributed by atoms with Crippen LogP contribution in [0.1, 0.15) is 0 Å². The Morgan fingerprint density at radius 1 is 0.615 bits per heavy atom. The van der Waals surface area contributed by atoms with E-state index in [4.69, 9.17) is 0 Å². The van der Waals surface area contributed by atoms with Crippen molar-refractivity contribution in [3.63, 3.8) is 0 Å². The minimum atomic E-state index is 0. The molecular weight excluding hydrogens is 354 g/mol. The molecule has 7 heteroatoms. The van der Waals surface area contributed by atoms with Crippen LogP contribution >= 0.6 is 0 Å². The van der Waals surface area contributed by atoms with Gasteiger partial charge < -0.3 is 31.7 Å². The number of hydrogen-bond donors (Lipinski definition) is 0. The summed E-state index contributed by atoms with van der Waals surface area (Å²) in [7, 11) is 8.35. The Hall–Kier alpha value is 0.396. The molecule has 0 aromatic heterocycles. The smallest absolute Gasteiger partial charge is 2.00 e. The summed E-state index contributed by atoms with van der Waals surface area (Å²) in [4.78, 5) is 4.36. The van der Waals surface area contributed by atoms with Crippen LogP contribution in [-0.4, -0.2) is 51.1 Å². The van der Waals surface area contributed by atoms with E-state index in [1.165, 1.54) is 0 Å². The average Bonchev–Trinajstić information content (AvgIpc) is 1.61. The number of likely N-dealkylation sites (N-methyl/N-ethyl adjacent to an activating group) is 2. The first kappa shape index (κ1) is 37.6. The summed E-state index contributed by atoms with van der Waals surface area (Å²) in [6.45, 7) is 2.29. The van der Waals surface area contributed by atoms with Gasteiger partial charge in [-0.1, -0.05) is 0 Å². The van der Waals surface area contributed by atoms with Crippen LogP contribution in [0, 0.1) is 0 Å². The number of nitrogens with zero attached hydrogens (tertiary/aromatic N) is 2. The maximum absolute atomic E-state index is 2.18. The van der Waals surface area contributed by atoms with Gasteiger partial charge in [0.1, 0.15) is 0 Å². The van der Waals surface area contributed by atoms with Crippen molar-refractivity contribution in [1.29, 1.82) is 0 Å². The summed E-state index contributed by atoms with van der Waals surface area (Å²) in [5, 5.41) is 0. The molecular formula is C6H16N2O4Os. The van der Waals surface area contributed by atoms with Crippen molar-refractivity contribution in [2.75, 3.05) is 41.3 Å². The van der Waals surface area contributed by atoms with Gasteiger partial charge in [-0.2, -0.15) is 0 Å². The van der Waals surface area contributed by atoms with Crippen LogP contribution in [0.4, 0.5) is 0 Å². The van der Waals surface area contributed by atoms with E-state index < -0.39 is 0 Å². The molecule has 82 valence electrons. The first-order chi connectivity index (χ1) is 3.63. The molecule has 0 aliphatic rings. The molecule has 0 saturated heterocycles. The van der Waals surface area contributed by atoms with Gasteiger partial charge in [0, 0.05) is 13.1 Å². The second-order valence-electron chi connectivity index (χ2n) is 2.61. The molecule has 0 aliphatic heterocycles. The van der Waals surface area contributed by atoms with Crippen LogP contribution in [0.25, 0.3) is 0 Å². The molecule has 0 aromatic carbocycles. The molecule has 0 amide bonds. The zero-order valence-corrected chi connectivity index (χ0v) is 10.8. The molecule has 0 atom stereocenters. The third-order valence-electron chi connectivity index (χ3n) is 0.994. The second-order valence-corrected chi connectivity index (χ2v) is 2.61. The summed E-state index contributed by atoms with van der Waals surface area (Å²) in [5.41, 5.74) is 0. The van der Waals surface area contributed by atoms with E-state index in [0.717, 1.165) is 13.1 Å². The molecule has 0 heterocycles. The minimum Gasteiger partial charge on any atom is -2.00 e. The van der Waals surface area contributed by atoms with E-state index in [1.807, 2.05) is 0 Å². The third kappa shape index (κ3) is 46.0. The molecule has 0 saturated carbocycles. The molecule has 0 bridgehead atoms. The zero-order chi connectivity index (χ0) is 6.57. The normalized spacial score (nSPS) is 6.92. The predicted molar refractivity (Wildman–Crippen MR) is 39.9 cm³/mol. The van der Waals surface area contributed by atoms with E-state index in [9.17, 15) is 0 Å². The van der Waals surface area contributed by atoms with Gasteiger partial charge >= 0.3 is 19.8 Å². The fraction of sp³-hybridized carbons (Fsp3) is 1.00. The SMILES string of the molecule is CN(C)CCN(C)C.[O-2].[O-2].[O-2].[O-2].[Os+8]. The maximum Gasteiger partial charge on any atom is 8.00 e. The van der Waals surface area contributed by atoms with Gasteiger partial charge in [0.2, 0.25) is 0 Å². The molecule has 0 unspecified atom stereocenters. The molecule has 13 heavy (non-hydrogen) atoms. The monoisotopic (exact) mass is 372 g/mol. The molecule has 0 fully saturated rings. The Morgan fingerprint density at radius 2 is 0.769 bits per heavy atom. The van der Waals surface area contributed by atoms with Crippen molar-refractivity contribution >= 4 is 0 Å². The Kier molecular flexibility index (Phi) is 66.1. The van der Waals surface area contributed by atoms with Gasteiger partial charge in [0.05, 0.1) is 0 Å². The first-order valence-corrected chi connectivity index (χ1v) is 2.92. The third-order valence-corrected chi connectivity index (χ3v) is 0.994. The zero-order valence-electron chi connectivity index (χ0n) is 8.30. The van der Waals surface area contributed by atoms with Crippen molar-refractivity contribution in [2.24, 2.45) is 0 Å². The van der Waals surface area contributed by atoms with Gasteiger partial charge in [0.25, 0.3) is 0 Å². The van der Waals surface area contributed by atoms with Crippen LogP contribution in [0.15, 0.2) is 0 Å². The predicted octanol–water partition coefficient (Wildman–Crippen LogP) is -0.368. The number of hydrogen-bond acceptors (Lipinski definition) is 2. The summed E-state index contributed by atoms with van der Waals surface area (Å²) in [5.74, 6) is 0. The van der Waals surface area contributed by atoms with E-state index in [1.54, 1.807) is 0 Å².